The number of nitrogens with one attached hydrogen (secondary N) is 1. The average molecular weight is 318 g/mol. The van der Waals surface area contributed by atoms with Gasteiger partial charge in [0.05, 0.1) is 6.10 Å². The fourth-order valence-corrected chi connectivity index (χ4v) is 4.08. The summed E-state index contributed by atoms with van der Waals surface area (Å²) in [7, 11) is 0. The van der Waals surface area contributed by atoms with Crippen LogP contribution in [0.1, 0.15) is 43.5 Å². The van der Waals surface area contributed by atoms with Crippen LogP contribution in [0.4, 0.5) is 0 Å². The maximum absolute atomic E-state index is 5.84. The standard InChI is InChI=1S/C13H20BrNOS/c1-2-15-12(13-11(14)6-8-17-13)9-10-5-3-4-7-16-10/h6,8,10,12,15H,2-5,7,9H2,1H3. The summed E-state index contributed by atoms with van der Waals surface area (Å²) in [4.78, 5) is 1.40. The summed E-state index contributed by atoms with van der Waals surface area (Å²) in [5.74, 6) is 0. The highest BCUT2D eigenvalue weighted by Gasteiger charge is 2.22. The van der Waals surface area contributed by atoms with E-state index in [-0.39, 0.29) is 0 Å². The van der Waals surface area contributed by atoms with Gasteiger partial charge in [0.2, 0.25) is 0 Å². The largest absolute Gasteiger partial charge is 0.378 e. The summed E-state index contributed by atoms with van der Waals surface area (Å²) < 4.78 is 7.07. The quantitative estimate of drug-likeness (QED) is 0.882. The van der Waals surface area contributed by atoms with Crippen molar-refractivity contribution in [2.24, 2.45) is 0 Å². The van der Waals surface area contributed by atoms with Gasteiger partial charge in [-0.05, 0) is 59.6 Å². The van der Waals surface area contributed by atoms with E-state index < -0.39 is 0 Å². The van der Waals surface area contributed by atoms with Gasteiger partial charge in [-0.25, -0.2) is 0 Å². The Labute approximate surface area is 116 Å². The van der Waals surface area contributed by atoms with Crippen LogP contribution in [-0.4, -0.2) is 19.3 Å². The Kier molecular flexibility index (Phi) is 5.48. The van der Waals surface area contributed by atoms with Crippen LogP contribution in [0, 0.1) is 0 Å². The Morgan fingerprint density at radius 2 is 2.47 bits per heavy atom. The molecule has 2 heterocycles. The summed E-state index contributed by atoms with van der Waals surface area (Å²) in [6.45, 7) is 4.10. The van der Waals surface area contributed by atoms with E-state index in [9.17, 15) is 0 Å². The molecule has 1 fully saturated rings. The zero-order valence-corrected chi connectivity index (χ0v) is 12.6. The van der Waals surface area contributed by atoms with Gasteiger partial charge in [0, 0.05) is 22.0 Å². The minimum atomic E-state index is 0.428. The van der Waals surface area contributed by atoms with Crippen molar-refractivity contribution >= 4 is 27.3 Å². The fourth-order valence-electron chi connectivity index (χ4n) is 2.34. The summed E-state index contributed by atoms with van der Waals surface area (Å²) in [5, 5.41) is 5.72. The predicted octanol–water partition coefficient (Wildman–Crippen LogP) is 4.12. The molecule has 0 radical (unpaired) electrons. The molecule has 0 aliphatic carbocycles. The minimum Gasteiger partial charge on any atom is -0.378 e. The van der Waals surface area contributed by atoms with Gasteiger partial charge in [0.15, 0.2) is 0 Å². The summed E-state index contributed by atoms with van der Waals surface area (Å²) >= 11 is 5.45. The normalized spacial score (nSPS) is 22.6. The van der Waals surface area contributed by atoms with Crippen molar-refractivity contribution in [3.05, 3.63) is 20.8 Å². The topological polar surface area (TPSA) is 21.3 Å². The van der Waals surface area contributed by atoms with Gasteiger partial charge < -0.3 is 10.1 Å². The van der Waals surface area contributed by atoms with Crippen LogP contribution in [0.15, 0.2) is 15.9 Å². The smallest absolute Gasteiger partial charge is 0.0593 e. The molecule has 17 heavy (non-hydrogen) atoms. The van der Waals surface area contributed by atoms with Crippen LogP contribution in [-0.2, 0) is 4.74 Å². The van der Waals surface area contributed by atoms with E-state index in [1.807, 2.05) is 11.3 Å². The molecule has 1 aliphatic rings. The molecule has 1 aliphatic heterocycles. The Balaban J connectivity index is 1.99. The third-order valence-corrected chi connectivity index (χ3v) is 5.17. The van der Waals surface area contributed by atoms with E-state index in [1.165, 1.54) is 28.6 Å². The molecule has 96 valence electrons. The molecule has 0 aromatic carbocycles. The Morgan fingerprint density at radius 1 is 1.59 bits per heavy atom. The van der Waals surface area contributed by atoms with Crippen molar-refractivity contribution < 1.29 is 4.74 Å². The van der Waals surface area contributed by atoms with Crippen molar-refractivity contribution in [1.82, 2.24) is 5.32 Å². The lowest BCUT2D eigenvalue weighted by molar-refractivity contribution is 0.00531. The maximum Gasteiger partial charge on any atom is 0.0593 e. The lowest BCUT2D eigenvalue weighted by atomic mass is 10.0. The highest BCUT2D eigenvalue weighted by molar-refractivity contribution is 9.10. The van der Waals surface area contributed by atoms with Crippen molar-refractivity contribution in [2.75, 3.05) is 13.2 Å². The highest BCUT2D eigenvalue weighted by atomic mass is 79.9. The van der Waals surface area contributed by atoms with Crippen LogP contribution in [0.3, 0.4) is 0 Å². The van der Waals surface area contributed by atoms with Gasteiger partial charge in [0.1, 0.15) is 0 Å². The molecule has 0 amide bonds. The van der Waals surface area contributed by atoms with E-state index in [2.05, 4.69) is 39.6 Å². The Bertz CT molecular complexity index is 336. The SMILES string of the molecule is CCNC(CC1CCCCO1)c1sccc1Br. The highest BCUT2D eigenvalue weighted by Crippen LogP contribution is 2.33. The molecular weight excluding hydrogens is 298 g/mol. The first kappa shape index (κ1) is 13.5. The van der Waals surface area contributed by atoms with Crippen molar-refractivity contribution in [3.8, 4) is 0 Å². The molecule has 0 spiro atoms. The molecule has 0 bridgehead atoms. The molecule has 4 heteroatoms. The van der Waals surface area contributed by atoms with Crippen LogP contribution in [0.25, 0.3) is 0 Å². The van der Waals surface area contributed by atoms with Gasteiger partial charge in [-0.3, -0.25) is 0 Å². The lowest BCUT2D eigenvalue weighted by Crippen LogP contribution is -2.28. The van der Waals surface area contributed by atoms with Crippen LogP contribution >= 0.6 is 27.3 Å². The second kappa shape index (κ2) is 6.88. The van der Waals surface area contributed by atoms with Crippen molar-refractivity contribution in [2.45, 2.75) is 44.8 Å². The van der Waals surface area contributed by atoms with Crippen LogP contribution in [0.5, 0.6) is 0 Å². The molecule has 1 aromatic rings. The first-order valence-electron chi connectivity index (χ1n) is 6.39. The third-order valence-electron chi connectivity index (χ3n) is 3.18. The Hall–Kier alpha value is 0.100. The van der Waals surface area contributed by atoms with Gasteiger partial charge in [-0.15, -0.1) is 11.3 Å². The second-order valence-corrected chi connectivity index (χ2v) is 6.27. The molecule has 1 saturated heterocycles. The lowest BCUT2D eigenvalue weighted by Gasteiger charge is -2.27. The summed E-state index contributed by atoms with van der Waals surface area (Å²) in [5.41, 5.74) is 0. The molecule has 2 atom stereocenters. The van der Waals surface area contributed by atoms with Gasteiger partial charge >= 0.3 is 0 Å². The van der Waals surface area contributed by atoms with E-state index in [4.69, 9.17) is 4.74 Å². The Morgan fingerprint density at radius 3 is 3.06 bits per heavy atom. The molecular formula is C13H20BrNOS. The zero-order valence-electron chi connectivity index (χ0n) is 10.2. The molecule has 2 unspecified atom stereocenters. The number of rotatable bonds is 5. The third kappa shape index (κ3) is 3.78. The average Bonchev–Trinajstić information content (AvgIpc) is 2.76. The minimum absolute atomic E-state index is 0.428. The number of hydrogen-bond acceptors (Lipinski definition) is 3. The second-order valence-electron chi connectivity index (χ2n) is 4.47. The molecule has 0 saturated carbocycles. The number of hydrogen-bond donors (Lipinski definition) is 1. The van der Waals surface area contributed by atoms with E-state index >= 15 is 0 Å². The van der Waals surface area contributed by atoms with Crippen molar-refractivity contribution in [3.63, 3.8) is 0 Å². The maximum atomic E-state index is 5.84. The number of ether oxygens (including phenoxy) is 1. The first-order valence-corrected chi connectivity index (χ1v) is 8.06. The molecule has 2 nitrogen and oxygen atoms in total. The van der Waals surface area contributed by atoms with Gasteiger partial charge in [0.25, 0.3) is 0 Å². The molecule has 1 aromatic heterocycles. The fraction of sp³-hybridized carbons (Fsp3) is 0.692. The molecule has 2 rings (SSSR count). The number of halogens is 1. The predicted molar refractivity (Wildman–Crippen MR) is 76.6 cm³/mol. The summed E-state index contributed by atoms with van der Waals surface area (Å²) in [6.07, 6.45) is 5.28. The van der Waals surface area contributed by atoms with E-state index in [0.29, 0.717) is 12.1 Å². The van der Waals surface area contributed by atoms with E-state index in [0.717, 1.165) is 19.6 Å². The van der Waals surface area contributed by atoms with Crippen molar-refractivity contribution in [1.29, 1.82) is 0 Å². The van der Waals surface area contributed by atoms with Gasteiger partial charge in [-0.2, -0.15) is 0 Å². The zero-order chi connectivity index (χ0) is 12.1. The van der Waals surface area contributed by atoms with Crippen LogP contribution in [0.2, 0.25) is 0 Å². The van der Waals surface area contributed by atoms with Crippen LogP contribution < -0.4 is 5.32 Å². The monoisotopic (exact) mass is 317 g/mol. The number of thiophene rings is 1. The van der Waals surface area contributed by atoms with E-state index in [1.54, 1.807) is 0 Å². The summed E-state index contributed by atoms with van der Waals surface area (Å²) in [6, 6.07) is 2.56. The first-order chi connectivity index (χ1) is 8.31. The van der Waals surface area contributed by atoms with Gasteiger partial charge in [-0.1, -0.05) is 6.92 Å². The molecule has 1 N–H and O–H groups in total.